The summed E-state index contributed by atoms with van der Waals surface area (Å²) >= 11 is 0. The smallest absolute Gasteiger partial charge is 0.435 e. The van der Waals surface area contributed by atoms with Gasteiger partial charge in [0.15, 0.2) is 5.82 Å². The zero-order valence-corrected chi connectivity index (χ0v) is 22.8. The van der Waals surface area contributed by atoms with Crippen LogP contribution >= 0.6 is 0 Å². The molecule has 3 aromatic heterocycles. The average Bonchev–Trinajstić information content (AvgIpc) is 3.53. The van der Waals surface area contributed by atoms with Gasteiger partial charge in [-0.1, -0.05) is 12.1 Å². The number of carbonyl (C=O) groups excluding carboxylic acids is 1. The van der Waals surface area contributed by atoms with Crippen LogP contribution in [0.2, 0.25) is 0 Å². The number of aryl methyl sites for hydroxylation is 1. The fourth-order valence-electron chi connectivity index (χ4n) is 5.05. The van der Waals surface area contributed by atoms with Crippen molar-refractivity contribution in [1.29, 1.82) is 5.26 Å². The lowest BCUT2D eigenvalue weighted by molar-refractivity contribution is 0.0515. The quantitative estimate of drug-likeness (QED) is 0.368. The van der Waals surface area contributed by atoms with E-state index in [0.29, 0.717) is 41.0 Å². The van der Waals surface area contributed by atoms with Crippen molar-refractivity contribution in [3.05, 3.63) is 60.3 Å². The molecule has 1 saturated heterocycles. The van der Waals surface area contributed by atoms with Crippen molar-refractivity contribution >= 4 is 17.6 Å². The Hall–Kier alpha value is -4.79. The predicted molar refractivity (Wildman–Crippen MR) is 147 cm³/mol. The molecule has 0 aliphatic carbocycles. The topological polar surface area (TPSA) is 141 Å². The summed E-state index contributed by atoms with van der Waals surface area (Å²) in [6, 6.07) is 8.92. The molecule has 5 rings (SSSR count). The molecule has 1 aliphatic rings. The molecule has 0 atom stereocenters. The average molecular weight is 544 g/mol. The van der Waals surface area contributed by atoms with E-state index in [1.807, 2.05) is 17.7 Å². The van der Waals surface area contributed by atoms with E-state index in [9.17, 15) is 14.4 Å². The number of ether oxygens (including phenoxy) is 1. The molecular weight excluding hydrogens is 513 g/mol. The van der Waals surface area contributed by atoms with Crippen LogP contribution in [0.3, 0.4) is 0 Å². The van der Waals surface area contributed by atoms with Gasteiger partial charge in [-0.2, -0.15) is 14.3 Å². The zero-order valence-electron chi connectivity index (χ0n) is 22.8. The van der Waals surface area contributed by atoms with Crippen LogP contribution < -0.4 is 10.6 Å². The highest BCUT2D eigenvalue weighted by Crippen LogP contribution is 2.42. The first kappa shape index (κ1) is 26.8. The van der Waals surface area contributed by atoms with Crippen LogP contribution in [0.1, 0.15) is 50.9 Å². The lowest BCUT2D eigenvalue weighted by Crippen LogP contribution is -2.34. The Balaban J connectivity index is 1.58. The lowest BCUT2D eigenvalue weighted by Gasteiger charge is -2.35. The van der Waals surface area contributed by atoms with E-state index >= 15 is 0 Å². The highest BCUT2D eigenvalue weighted by molar-refractivity contribution is 5.92. The molecule has 1 fully saturated rings. The van der Waals surface area contributed by atoms with Gasteiger partial charge in [-0.15, -0.1) is 15.3 Å². The van der Waals surface area contributed by atoms with Crippen molar-refractivity contribution in [2.45, 2.75) is 45.1 Å². The normalized spacial score (nSPS) is 14.2. The van der Waals surface area contributed by atoms with Crippen molar-refractivity contribution in [3.63, 3.8) is 0 Å². The maximum atomic E-state index is 13.7. The summed E-state index contributed by atoms with van der Waals surface area (Å²) < 4.78 is 22.1. The molecule has 40 heavy (non-hydrogen) atoms. The number of benzene rings is 1. The molecule has 206 valence electrons. The number of anilines is 2. The van der Waals surface area contributed by atoms with Gasteiger partial charge in [0, 0.05) is 60.7 Å². The highest BCUT2D eigenvalue weighted by Gasteiger charge is 2.29. The van der Waals surface area contributed by atoms with Gasteiger partial charge in [-0.3, -0.25) is 0 Å². The molecule has 11 nitrogen and oxygen atoms in total. The number of hydrogen-bond donors (Lipinski definition) is 1. The zero-order chi connectivity index (χ0) is 28.6. The number of nitrogen functional groups attached to an aromatic ring is 1. The van der Waals surface area contributed by atoms with Crippen LogP contribution in [0.5, 0.6) is 0 Å². The van der Waals surface area contributed by atoms with Crippen molar-refractivity contribution in [1.82, 2.24) is 29.5 Å². The molecule has 0 unspecified atom stereocenters. The maximum absolute atomic E-state index is 13.7. The molecule has 4 heterocycles. The standard InChI is InChI=1S/C28H30FN9O2/c1-28(2,3)40-27(39)38-15-22(25(31)35-38)20-7-6-19(18-5-8-23(29)32-14-18)24(21(20)13-30)37-11-9-17(10-12-37)26-34-33-16-36(26)4/h5-8,14-17H,9-12H2,1-4H3,(H2,31,35). The van der Waals surface area contributed by atoms with Crippen molar-refractivity contribution in [2.75, 3.05) is 23.7 Å². The summed E-state index contributed by atoms with van der Waals surface area (Å²) in [5, 5.41) is 22.9. The summed E-state index contributed by atoms with van der Waals surface area (Å²) in [5.74, 6) is 0.662. The van der Waals surface area contributed by atoms with Gasteiger partial charge in [0.1, 0.15) is 23.8 Å². The third-order valence-corrected chi connectivity index (χ3v) is 6.86. The first-order chi connectivity index (χ1) is 19.1. The summed E-state index contributed by atoms with van der Waals surface area (Å²) in [7, 11) is 1.93. The number of nitrogens with two attached hydrogens (primary N) is 1. The minimum absolute atomic E-state index is 0.0884. The van der Waals surface area contributed by atoms with Crippen LogP contribution in [0.15, 0.2) is 43.0 Å². The number of nitrogens with zero attached hydrogens (tertiary/aromatic N) is 8. The van der Waals surface area contributed by atoms with Crippen LogP contribution in [0.4, 0.5) is 20.7 Å². The Morgan fingerprint density at radius 2 is 1.88 bits per heavy atom. The molecule has 12 heteroatoms. The van der Waals surface area contributed by atoms with Crippen LogP contribution in [0, 0.1) is 17.3 Å². The van der Waals surface area contributed by atoms with E-state index in [2.05, 4.69) is 31.2 Å². The summed E-state index contributed by atoms with van der Waals surface area (Å²) in [6.07, 6.45) is 5.56. The van der Waals surface area contributed by atoms with E-state index in [4.69, 9.17) is 10.5 Å². The van der Waals surface area contributed by atoms with Gasteiger partial charge < -0.3 is 19.9 Å². The van der Waals surface area contributed by atoms with E-state index in [1.165, 1.54) is 18.5 Å². The molecule has 0 amide bonds. The third-order valence-electron chi connectivity index (χ3n) is 6.86. The van der Waals surface area contributed by atoms with Crippen LogP contribution in [-0.2, 0) is 11.8 Å². The Morgan fingerprint density at radius 3 is 2.48 bits per heavy atom. The number of halogens is 1. The fraction of sp³-hybridized carbons (Fsp3) is 0.357. The molecular formula is C28H30FN9O2. The number of rotatable bonds is 4. The minimum atomic E-state index is -0.717. The molecule has 0 spiro atoms. The molecule has 4 aromatic rings. The van der Waals surface area contributed by atoms with E-state index in [1.54, 1.807) is 39.2 Å². The van der Waals surface area contributed by atoms with Gasteiger partial charge in [-0.05, 0) is 45.7 Å². The fourth-order valence-corrected chi connectivity index (χ4v) is 5.05. The molecule has 2 N–H and O–H groups in total. The van der Waals surface area contributed by atoms with Crippen LogP contribution in [-0.4, -0.2) is 54.3 Å². The van der Waals surface area contributed by atoms with Crippen molar-refractivity contribution in [2.24, 2.45) is 7.05 Å². The molecule has 0 bridgehead atoms. The Kier molecular flexibility index (Phi) is 6.97. The number of nitriles is 1. The number of carbonyl (C=O) groups is 1. The number of aromatic nitrogens is 6. The van der Waals surface area contributed by atoms with Crippen molar-refractivity contribution in [3.8, 4) is 28.3 Å². The molecule has 1 aromatic carbocycles. The second-order valence-corrected chi connectivity index (χ2v) is 10.8. The second-order valence-electron chi connectivity index (χ2n) is 10.8. The highest BCUT2D eigenvalue weighted by atomic mass is 19.1. The first-order valence-electron chi connectivity index (χ1n) is 12.9. The number of hydrogen-bond acceptors (Lipinski definition) is 9. The predicted octanol–water partition coefficient (Wildman–Crippen LogP) is 4.50. The number of piperidine rings is 1. The Morgan fingerprint density at radius 1 is 1.15 bits per heavy atom. The van der Waals surface area contributed by atoms with Gasteiger partial charge >= 0.3 is 6.09 Å². The maximum Gasteiger partial charge on any atom is 0.435 e. The molecule has 0 radical (unpaired) electrons. The minimum Gasteiger partial charge on any atom is -0.442 e. The largest absolute Gasteiger partial charge is 0.442 e. The lowest BCUT2D eigenvalue weighted by atomic mass is 9.90. The van der Waals surface area contributed by atoms with Gasteiger partial charge in [0.25, 0.3) is 0 Å². The molecule has 0 saturated carbocycles. The Bertz CT molecular complexity index is 1590. The molecule has 1 aliphatic heterocycles. The van der Waals surface area contributed by atoms with Gasteiger partial charge in [-0.25, -0.2) is 9.78 Å². The van der Waals surface area contributed by atoms with E-state index < -0.39 is 17.6 Å². The van der Waals surface area contributed by atoms with Crippen molar-refractivity contribution < 1.29 is 13.9 Å². The third kappa shape index (κ3) is 5.22. The Labute approximate surface area is 231 Å². The monoisotopic (exact) mass is 543 g/mol. The second kappa shape index (κ2) is 10.4. The van der Waals surface area contributed by atoms with Crippen LogP contribution in [0.25, 0.3) is 22.3 Å². The summed E-state index contributed by atoms with van der Waals surface area (Å²) in [5.41, 5.74) is 8.96. The SMILES string of the molecule is Cn1cnnc1C1CCN(c2c(-c3ccc(F)nc3)ccc(-c3cn(C(=O)OC(C)(C)C)nc3N)c2C#N)CC1. The van der Waals surface area contributed by atoms with Gasteiger partial charge in [0.2, 0.25) is 5.95 Å². The summed E-state index contributed by atoms with van der Waals surface area (Å²) in [6.45, 7) is 6.59. The summed E-state index contributed by atoms with van der Waals surface area (Å²) in [4.78, 5) is 18.6. The van der Waals surface area contributed by atoms with E-state index in [0.717, 1.165) is 28.9 Å². The van der Waals surface area contributed by atoms with E-state index in [-0.39, 0.29) is 11.7 Å². The number of pyridine rings is 1. The first-order valence-corrected chi connectivity index (χ1v) is 12.9. The van der Waals surface area contributed by atoms with Gasteiger partial charge in [0.05, 0.1) is 11.3 Å².